The molecule has 1 atom stereocenters. The van der Waals surface area contributed by atoms with Crippen molar-refractivity contribution in [1.29, 1.82) is 0 Å². The quantitative estimate of drug-likeness (QED) is 0.941. The van der Waals surface area contributed by atoms with Crippen LogP contribution in [0.1, 0.15) is 13.3 Å². The number of benzene rings is 1. The number of anilines is 1. The lowest BCUT2D eigenvalue weighted by Gasteiger charge is -2.19. The van der Waals surface area contributed by atoms with Gasteiger partial charge in [0.05, 0.1) is 17.7 Å². The van der Waals surface area contributed by atoms with Crippen molar-refractivity contribution >= 4 is 22.4 Å². The first-order chi connectivity index (χ1) is 10.5. The van der Waals surface area contributed by atoms with Gasteiger partial charge in [-0.3, -0.25) is 4.79 Å². The van der Waals surface area contributed by atoms with Gasteiger partial charge in [-0.15, -0.1) is 11.3 Å². The maximum atomic E-state index is 13.7. The minimum Gasteiger partial charge on any atom is -0.380 e. The Morgan fingerprint density at radius 1 is 1.45 bits per heavy atom. The van der Waals surface area contributed by atoms with Crippen LogP contribution in [0.4, 0.5) is 13.9 Å². The molecule has 0 spiro atoms. The molecule has 1 unspecified atom stereocenters. The molecule has 1 amide bonds. The third-order valence-electron chi connectivity index (χ3n) is 3.70. The number of aromatic nitrogens is 1. The molecule has 0 aliphatic carbocycles. The van der Waals surface area contributed by atoms with Gasteiger partial charge in [0.2, 0.25) is 5.91 Å². The smallest absolute Gasteiger partial charge is 0.234 e. The lowest BCUT2D eigenvalue weighted by Crippen LogP contribution is -2.33. The number of hydrogen-bond acceptors (Lipinski definition) is 4. The van der Waals surface area contributed by atoms with Crippen molar-refractivity contribution in [2.45, 2.75) is 13.3 Å². The number of carbonyl (C=O) groups excluding carboxylic acids is 1. The van der Waals surface area contributed by atoms with E-state index in [-0.39, 0.29) is 11.5 Å². The van der Waals surface area contributed by atoms with Gasteiger partial charge < -0.3 is 10.1 Å². The number of nitrogens with zero attached hydrogens (tertiary/aromatic N) is 1. The molecular weight excluding hydrogens is 310 g/mol. The highest BCUT2D eigenvalue weighted by Gasteiger charge is 2.37. The second-order valence-electron chi connectivity index (χ2n) is 5.48. The number of nitrogens with one attached hydrogen (secondary N) is 1. The van der Waals surface area contributed by atoms with Crippen LogP contribution in [0.15, 0.2) is 23.6 Å². The molecule has 1 saturated heterocycles. The summed E-state index contributed by atoms with van der Waals surface area (Å²) >= 11 is 1.17. The normalized spacial score (nSPS) is 21.0. The van der Waals surface area contributed by atoms with E-state index in [0.717, 1.165) is 18.2 Å². The molecule has 1 fully saturated rings. The SMILES string of the molecule is CC1(C(=O)Nc2nc(-c3cc(F)ccc3F)cs2)CCOC1. The number of halogens is 2. The molecular formula is C15H14F2N2O2S. The van der Waals surface area contributed by atoms with Crippen LogP contribution >= 0.6 is 11.3 Å². The topological polar surface area (TPSA) is 51.2 Å². The van der Waals surface area contributed by atoms with E-state index in [0.29, 0.717) is 30.5 Å². The summed E-state index contributed by atoms with van der Waals surface area (Å²) in [6.07, 6.45) is 0.648. The Kier molecular flexibility index (Phi) is 3.92. The molecule has 0 saturated carbocycles. The summed E-state index contributed by atoms with van der Waals surface area (Å²) in [6.45, 7) is 2.76. The Morgan fingerprint density at radius 2 is 2.27 bits per heavy atom. The highest BCUT2D eigenvalue weighted by atomic mass is 32.1. The van der Waals surface area contributed by atoms with Gasteiger partial charge >= 0.3 is 0 Å². The first kappa shape index (κ1) is 15.1. The highest BCUT2D eigenvalue weighted by Crippen LogP contribution is 2.32. The average Bonchev–Trinajstić information content (AvgIpc) is 3.12. The zero-order chi connectivity index (χ0) is 15.7. The highest BCUT2D eigenvalue weighted by molar-refractivity contribution is 7.14. The lowest BCUT2D eigenvalue weighted by atomic mass is 9.89. The van der Waals surface area contributed by atoms with E-state index < -0.39 is 17.0 Å². The molecule has 7 heteroatoms. The second kappa shape index (κ2) is 5.73. The van der Waals surface area contributed by atoms with Gasteiger partial charge in [0.15, 0.2) is 5.13 Å². The van der Waals surface area contributed by atoms with E-state index in [1.54, 1.807) is 5.38 Å². The van der Waals surface area contributed by atoms with E-state index in [9.17, 15) is 13.6 Å². The minimum atomic E-state index is -0.573. The summed E-state index contributed by atoms with van der Waals surface area (Å²) < 4.78 is 32.2. The Labute approximate surface area is 130 Å². The Balaban J connectivity index is 1.79. The van der Waals surface area contributed by atoms with Crippen molar-refractivity contribution in [2.75, 3.05) is 18.5 Å². The van der Waals surface area contributed by atoms with Gasteiger partial charge in [-0.25, -0.2) is 13.8 Å². The summed E-state index contributed by atoms with van der Waals surface area (Å²) in [5.74, 6) is -1.27. The summed E-state index contributed by atoms with van der Waals surface area (Å²) in [5.41, 5.74) is -0.201. The molecule has 4 nitrogen and oxygen atoms in total. The van der Waals surface area contributed by atoms with Crippen LogP contribution in [0.25, 0.3) is 11.3 Å². The van der Waals surface area contributed by atoms with Crippen molar-refractivity contribution in [3.8, 4) is 11.3 Å². The number of ether oxygens (including phenoxy) is 1. The van der Waals surface area contributed by atoms with E-state index in [4.69, 9.17) is 4.74 Å². The standard InChI is InChI=1S/C15H14F2N2O2S/c1-15(4-5-21-8-15)13(20)19-14-18-12(7-22-14)10-6-9(16)2-3-11(10)17/h2-3,6-7H,4-5,8H2,1H3,(H,18,19,20). The van der Waals surface area contributed by atoms with Gasteiger partial charge in [-0.2, -0.15) is 0 Å². The molecule has 2 heterocycles. The largest absolute Gasteiger partial charge is 0.380 e. The summed E-state index contributed by atoms with van der Waals surface area (Å²) in [5, 5.41) is 4.66. The van der Waals surface area contributed by atoms with Gasteiger partial charge in [-0.1, -0.05) is 0 Å². The van der Waals surface area contributed by atoms with Gasteiger partial charge in [0.1, 0.15) is 11.6 Å². The Morgan fingerprint density at radius 3 is 3.00 bits per heavy atom. The van der Waals surface area contributed by atoms with Crippen molar-refractivity contribution in [1.82, 2.24) is 4.98 Å². The Hall–Kier alpha value is -1.86. The molecule has 1 aromatic heterocycles. The first-order valence-electron chi connectivity index (χ1n) is 6.78. The van der Waals surface area contributed by atoms with Crippen LogP contribution in [-0.4, -0.2) is 24.1 Å². The summed E-state index contributed by atoms with van der Waals surface area (Å²) in [6, 6.07) is 3.19. The van der Waals surface area contributed by atoms with Crippen LogP contribution in [0.3, 0.4) is 0 Å². The van der Waals surface area contributed by atoms with Crippen LogP contribution in [0, 0.1) is 17.0 Å². The van der Waals surface area contributed by atoms with Crippen molar-refractivity contribution in [3.63, 3.8) is 0 Å². The monoisotopic (exact) mass is 324 g/mol. The first-order valence-corrected chi connectivity index (χ1v) is 7.66. The van der Waals surface area contributed by atoms with Crippen molar-refractivity contribution in [3.05, 3.63) is 35.2 Å². The minimum absolute atomic E-state index is 0.0761. The molecule has 116 valence electrons. The van der Waals surface area contributed by atoms with E-state index in [1.165, 1.54) is 11.3 Å². The number of hydrogen-bond donors (Lipinski definition) is 1. The number of carbonyl (C=O) groups is 1. The molecule has 1 aliphatic heterocycles. The van der Waals surface area contributed by atoms with Crippen molar-refractivity contribution < 1.29 is 18.3 Å². The van der Waals surface area contributed by atoms with E-state index >= 15 is 0 Å². The lowest BCUT2D eigenvalue weighted by molar-refractivity contribution is -0.124. The molecule has 2 aromatic rings. The summed E-state index contributed by atoms with van der Waals surface area (Å²) in [4.78, 5) is 16.4. The molecule has 3 rings (SSSR count). The third-order valence-corrected chi connectivity index (χ3v) is 4.45. The van der Waals surface area contributed by atoms with Gasteiger partial charge in [-0.05, 0) is 31.5 Å². The molecule has 22 heavy (non-hydrogen) atoms. The summed E-state index contributed by atoms with van der Waals surface area (Å²) in [7, 11) is 0. The van der Waals surface area contributed by atoms with Gasteiger partial charge in [0.25, 0.3) is 0 Å². The maximum absolute atomic E-state index is 13.7. The number of rotatable bonds is 3. The molecule has 1 aromatic carbocycles. The van der Waals surface area contributed by atoms with E-state index in [1.807, 2.05) is 6.92 Å². The Bertz CT molecular complexity index is 711. The zero-order valence-electron chi connectivity index (χ0n) is 11.9. The predicted molar refractivity (Wildman–Crippen MR) is 79.6 cm³/mol. The van der Waals surface area contributed by atoms with E-state index in [2.05, 4.69) is 10.3 Å². The zero-order valence-corrected chi connectivity index (χ0v) is 12.7. The predicted octanol–water partition coefficient (Wildman–Crippen LogP) is 3.45. The number of amides is 1. The average molecular weight is 324 g/mol. The van der Waals surface area contributed by atoms with Crippen LogP contribution < -0.4 is 5.32 Å². The fourth-order valence-corrected chi connectivity index (χ4v) is 2.95. The van der Waals surface area contributed by atoms with Crippen molar-refractivity contribution in [2.24, 2.45) is 5.41 Å². The third kappa shape index (κ3) is 2.86. The molecule has 0 bridgehead atoms. The van der Waals surface area contributed by atoms with Crippen LogP contribution in [0.5, 0.6) is 0 Å². The molecule has 1 aliphatic rings. The molecule has 1 N–H and O–H groups in total. The fourth-order valence-electron chi connectivity index (χ4n) is 2.24. The maximum Gasteiger partial charge on any atom is 0.234 e. The molecule has 0 radical (unpaired) electrons. The fraction of sp³-hybridized carbons (Fsp3) is 0.333. The number of thiazole rings is 1. The van der Waals surface area contributed by atoms with Gasteiger partial charge in [0, 0.05) is 17.6 Å². The van der Waals surface area contributed by atoms with Crippen LogP contribution in [-0.2, 0) is 9.53 Å². The second-order valence-corrected chi connectivity index (χ2v) is 6.34. The van der Waals surface area contributed by atoms with Crippen LogP contribution in [0.2, 0.25) is 0 Å².